The van der Waals surface area contributed by atoms with Crippen molar-refractivity contribution in [2.24, 2.45) is 5.73 Å². The van der Waals surface area contributed by atoms with Gasteiger partial charge >= 0.3 is 0 Å². The average Bonchev–Trinajstić information content (AvgIpc) is 2.62. The molecule has 0 unspecified atom stereocenters. The molecule has 0 aromatic carbocycles. The first-order valence-electron chi connectivity index (χ1n) is 6.33. The Morgan fingerprint density at radius 2 is 2.05 bits per heavy atom. The van der Waals surface area contributed by atoms with Crippen molar-refractivity contribution in [2.75, 3.05) is 42.3 Å². The normalized spacial score (nSPS) is 15.8. The number of carbonyl (C=O) groups is 2. The van der Waals surface area contributed by atoms with Crippen LogP contribution in [0.5, 0.6) is 0 Å². The Balaban J connectivity index is 2.44. The van der Waals surface area contributed by atoms with Crippen LogP contribution in [0.3, 0.4) is 0 Å². The number of carbonyl (C=O) groups excluding carboxylic acids is 2. The van der Waals surface area contributed by atoms with Crippen molar-refractivity contribution in [3.63, 3.8) is 0 Å². The minimum Gasteiger partial charge on any atom is -0.397 e. The first-order chi connectivity index (χ1) is 9.56. The van der Waals surface area contributed by atoms with E-state index in [0.717, 1.165) is 36.0 Å². The number of nitrogens with one attached hydrogen (secondary N) is 1. The van der Waals surface area contributed by atoms with Crippen LogP contribution in [0.15, 0.2) is 0 Å². The van der Waals surface area contributed by atoms with Gasteiger partial charge in [-0.25, -0.2) is 0 Å². The van der Waals surface area contributed by atoms with Crippen LogP contribution in [-0.2, 0) is 0 Å². The SMILES string of the molecule is CNC(=O)c1sc(N2CCCSCC2)c(C(N)=O)c1N. The largest absolute Gasteiger partial charge is 0.397 e. The summed E-state index contributed by atoms with van der Waals surface area (Å²) in [5.41, 5.74) is 11.9. The summed E-state index contributed by atoms with van der Waals surface area (Å²) >= 11 is 3.13. The molecule has 1 aliphatic rings. The summed E-state index contributed by atoms with van der Waals surface area (Å²) < 4.78 is 0. The molecule has 5 N–H and O–H groups in total. The molecule has 1 aromatic heterocycles. The molecule has 20 heavy (non-hydrogen) atoms. The average molecular weight is 314 g/mol. The zero-order valence-electron chi connectivity index (χ0n) is 11.3. The van der Waals surface area contributed by atoms with Crippen molar-refractivity contribution in [3.8, 4) is 0 Å². The molecule has 0 atom stereocenters. The highest BCUT2D eigenvalue weighted by atomic mass is 32.2. The Morgan fingerprint density at radius 3 is 2.70 bits per heavy atom. The third-order valence-corrected chi connectivity index (χ3v) is 5.43. The third-order valence-electron chi connectivity index (χ3n) is 3.12. The molecule has 2 amide bonds. The first-order valence-corrected chi connectivity index (χ1v) is 8.30. The molecule has 0 bridgehead atoms. The van der Waals surface area contributed by atoms with Crippen molar-refractivity contribution < 1.29 is 9.59 Å². The van der Waals surface area contributed by atoms with Gasteiger partial charge in [0.2, 0.25) is 0 Å². The fraction of sp³-hybridized carbons (Fsp3) is 0.500. The van der Waals surface area contributed by atoms with E-state index in [4.69, 9.17) is 11.5 Å². The van der Waals surface area contributed by atoms with E-state index in [1.54, 1.807) is 0 Å². The van der Waals surface area contributed by atoms with Crippen LogP contribution in [0, 0.1) is 0 Å². The van der Waals surface area contributed by atoms with E-state index in [-0.39, 0.29) is 17.2 Å². The van der Waals surface area contributed by atoms with Gasteiger partial charge in [-0.15, -0.1) is 11.3 Å². The molecular weight excluding hydrogens is 296 g/mol. The van der Waals surface area contributed by atoms with Crippen LogP contribution in [-0.4, -0.2) is 43.5 Å². The number of amides is 2. The van der Waals surface area contributed by atoms with E-state index in [1.807, 2.05) is 11.8 Å². The van der Waals surface area contributed by atoms with Crippen LogP contribution in [0.4, 0.5) is 10.7 Å². The summed E-state index contributed by atoms with van der Waals surface area (Å²) in [6, 6.07) is 0. The van der Waals surface area contributed by atoms with Gasteiger partial charge in [0.1, 0.15) is 9.88 Å². The van der Waals surface area contributed by atoms with Gasteiger partial charge in [0.05, 0.1) is 11.3 Å². The summed E-state index contributed by atoms with van der Waals surface area (Å²) in [6.07, 6.45) is 1.04. The number of thioether (sulfide) groups is 1. The maximum atomic E-state index is 11.8. The van der Waals surface area contributed by atoms with E-state index in [1.165, 1.54) is 18.4 Å². The molecule has 2 rings (SSSR count). The molecule has 0 saturated carbocycles. The number of rotatable bonds is 3. The predicted octanol–water partition coefficient (Wildman–Crippen LogP) is 0.732. The number of nitrogens with two attached hydrogens (primary N) is 2. The van der Waals surface area contributed by atoms with Gasteiger partial charge in [-0.2, -0.15) is 11.8 Å². The van der Waals surface area contributed by atoms with E-state index in [2.05, 4.69) is 10.2 Å². The quantitative estimate of drug-likeness (QED) is 0.763. The zero-order valence-corrected chi connectivity index (χ0v) is 12.9. The van der Waals surface area contributed by atoms with Gasteiger partial charge in [0.15, 0.2) is 0 Å². The summed E-state index contributed by atoms with van der Waals surface area (Å²) in [4.78, 5) is 26.0. The van der Waals surface area contributed by atoms with Gasteiger partial charge in [0.25, 0.3) is 11.8 Å². The van der Waals surface area contributed by atoms with Crippen LogP contribution in [0.2, 0.25) is 0 Å². The lowest BCUT2D eigenvalue weighted by atomic mass is 10.2. The Labute approximate surface area is 125 Å². The highest BCUT2D eigenvalue weighted by Gasteiger charge is 2.27. The van der Waals surface area contributed by atoms with Gasteiger partial charge in [-0.3, -0.25) is 9.59 Å². The zero-order chi connectivity index (χ0) is 14.7. The van der Waals surface area contributed by atoms with Gasteiger partial charge in [0, 0.05) is 25.9 Å². The topological polar surface area (TPSA) is 101 Å². The number of hydrogen-bond donors (Lipinski definition) is 3. The van der Waals surface area contributed by atoms with Crippen molar-refractivity contribution in [1.82, 2.24) is 5.32 Å². The summed E-state index contributed by atoms with van der Waals surface area (Å²) in [5.74, 6) is 1.22. The molecule has 8 heteroatoms. The standard InChI is InChI=1S/C12H18N4O2S2/c1-15-11(18)9-8(13)7(10(14)17)12(20-9)16-3-2-5-19-6-4-16/h2-6,13H2,1H3,(H2,14,17)(H,15,18). The molecule has 2 heterocycles. The second-order valence-corrected chi connectivity index (χ2v) is 6.65. The highest BCUT2D eigenvalue weighted by molar-refractivity contribution is 7.99. The van der Waals surface area contributed by atoms with E-state index < -0.39 is 5.91 Å². The molecule has 0 aliphatic carbocycles. The predicted molar refractivity (Wildman–Crippen MR) is 84.8 cm³/mol. The molecule has 1 aromatic rings. The number of primary amides is 1. The maximum Gasteiger partial charge on any atom is 0.263 e. The number of nitrogen functional groups attached to an aromatic ring is 1. The number of thiophene rings is 1. The van der Waals surface area contributed by atoms with E-state index in [0.29, 0.717) is 4.88 Å². The van der Waals surface area contributed by atoms with Crippen molar-refractivity contribution in [1.29, 1.82) is 0 Å². The fourth-order valence-corrected chi connectivity index (χ4v) is 4.23. The second kappa shape index (κ2) is 6.36. The number of anilines is 2. The Hall–Kier alpha value is -1.41. The minimum atomic E-state index is -0.583. The lowest BCUT2D eigenvalue weighted by Crippen LogP contribution is -2.27. The second-order valence-electron chi connectivity index (χ2n) is 4.42. The van der Waals surface area contributed by atoms with Gasteiger partial charge in [-0.05, 0) is 12.2 Å². The molecule has 1 fully saturated rings. The summed E-state index contributed by atoms with van der Waals surface area (Å²) in [5, 5.41) is 3.25. The molecule has 0 spiro atoms. The Kier molecular flexibility index (Phi) is 4.77. The molecule has 1 saturated heterocycles. The highest BCUT2D eigenvalue weighted by Crippen LogP contribution is 2.38. The Bertz CT molecular complexity index is 522. The summed E-state index contributed by atoms with van der Waals surface area (Å²) in [6.45, 7) is 1.68. The molecule has 6 nitrogen and oxygen atoms in total. The number of hydrogen-bond acceptors (Lipinski definition) is 6. The van der Waals surface area contributed by atoms with Crippen molar-refractivity contribution in [2.45, 2.75) is 6.42 Å². The van der Waals surface area contributed by atoms with E-state index in [9.17, 15) is 9.59 Å². The lowest BCUT2D eigenvalue weighted by molar-refractivity contribution is 0.0967. The van der Waals surface area contributed by atoms with Crippen LogP contribution >= 0.6 is 23.1 Å². The summed E-state index contributed by atoms with van der Waals surface area (Å²) in [7, 11) is 1.54. The van der Waals surface area contributed by atoms with E-state index >= 15 is 0 Å². The van der Waals surface area contributed by atoms with Crippen LogP contribution < -0.4 is 21.7 Å². The van der Waals surface area contributed by atoms with Crippen molar-refractivity contribution >= 4 is 45.6 Å². The molecule has 0 radical (unpaired) electrons. The third kappa shape index (κ3) is 2.85. The molecular formula is C12H18N4O2S2. The minimum absolute atomic E-state index is 0.189. The maximum absolute atomic E-state index is 11.8. The number of nitrogens with zero attached hydrogens (tertiary/aromatic N) is 1. The van der Waals surface area contributed by atoms with Gasteiger partial charge in [-0.1, -0.05) is 0 Å². The smallest absolute Gasteiger partial charge is 0.263 e. The fourth-order valence-electron chi connectivity index (χ4n) is 2.12. The lowest BCUT2D eigenvalue weighted by Gasteiger charge is -2.21. The van der Waals surface area contributed by atoms with Crippen LogP contribution in [0.25, 0.3) is 0 Å². The van der Waals surface area contributed by atoms with Gasteiger partial charge < -0.3 is 21.7 Å². The van der Waals surface area contributed by atoms with Crippen molar-refractivity contribution in [3.05, 3.63) is 10.4 Å². The van der Waals surface area contributed by atoms with Crippen LogP contribution in [0.1, 0.15) is 26.5 Å². The first kappa shape index (κ1) is 15.0. The monoisotopic (exact) mass is 314 g/mol. The molecule has 110 valence electrons. The molecule has 1 aliphatic heterocycles. The Morgan fingerprint density at radius 1 is 1.30 bits per heavy atom.